The predicted molar refractivity (Wildman–Crippen MR) is 95.8 cm³/mol. The molecule has 0 fully saturated rings. The molecule has 0 unspecified atom stereocenters. The third kappa shape index (κ3) is 3.18. The first-order valence-corrected chi connectivity index (χ1v) is 8.40. The molecule has 6 nitrogen and oxygen atoms in total. The molecule has 0 aliphatic carbocycles. The molecule has 0 N–H and O–H groups in total. The minimum atomic E-state index is -0.496. The minimum Gasteiger partial charge on any atom is -0.497 e. The molecule has 0 saturated carbocycles. The van der Waals surface area contributed by atoms with E-state index >= 15 is 0 Å². The van der Waals surface area contributed by atoms with Crippen LogP contribution in [0.1, 0.15) is 50.8 Å². The summed E-state index contributed by atoms with van der Waals surface area (Å²) in [6.45, 7) is 2.33. The van der Waals surface area contributed by atoms with Gasteiger partial charge in [-0.3, -0.25) is 9.59 Å². The number of unbranched alkanes of at least 4 members (excludes halogenated alkanes) is 1. The first-order chi connectivity index (χ1) is 12.6. The molecule has 3 rings (SSSR count). The third-order valence-electron chi connectivity index (χ3n) is 4.18. The molecule has 1 heterocycles. The van der Waals surface area contributed by atoms with Gasteiger partial charge in [0.2, 0.25) is 0 Å². The summed E-state index contributed by atoms with van der Waals surface area (Å²) in [7, 11) is 1.54. The van der Waals surface area contributed by atoms with Gasteiger partial charge in [0.05, 0.1) is 36.1 Å². The number of rotatable bonds is 6. The van der Waals surface area contributed by atoms with Crippen molar-refractivity contribution >= 4 is 23.5 Å². The highest BCUT2D eigenvalue weighted by Crippen LogP contribution is 2.30. The summed E-state index contributed by atoms with van der Waals surface area (Å²) in [5.41, 5.74) is 1.19. The summed E-state index contributed by atoms with van der Waals surface area (Å²) in [5.74, 6) is -0.744. The Morgan fingerprint density at radius 3 is 2.35 bits per heavy atom. The standard InChI is InChI=1S/C20H19NO5/c1-3-4-11-26-20(24)13-5-10-16-17(12-13)19(23)21(18(16)22)14-6-8-15(25-2)9-7-14/h5-10,12H,3-4,11H2,1-2H3. The Morgan fingerprint density at radius 1 is 1.00 bits per heavy atom. The average molecular weight is 353 g/mol. The summed E-state index contributed by atoms with van der Waals surface area (Å²) >= 11 is 0. The largest absolute Gasteiger partial charge is 0.497 e. The molecule has 134 valence electrons. The Morgan fingerprint density at radius 2 is 1.69 bits per heavy atom. The molecule has 26 heavy (non-hydrogen) atoms. The fourth-order valence-electron chi connectivity index (χ4n) is 2.73. The van der Waals surface area contributed by atoms with Crippen molar-refractivity contribution in [3.63, 3.8) is 0 Å². The van der Waals surface area contributed by atoms with Gasteiger partial charge < -0.3 is 9.47 Å². The van der Waals surface area contributed by atoms with Crippen LogP contribution < -0.4 is 9.64 Å². The van der Waals surface area contributed by atoms with Gasteiger partial charge in [-0.2, -0.15) is 0 Å². The maximum atomic E-state index is 12.7. The lowest BCUT2D eigenvalue weighted by Gasteiger charge is -2.14. The number of methoxy groups -OCH3 is 1. The first-order valence-electron chi connectivity index (χ1n) is 8.40. The minimum absolute atomic E-state index is 0.204. The van der Waals surface area contributed by atoms with E-state index in [0.29, 0.717) is 18.0 Å². The van der Waals surface area contributed by atoms with Crippen LogP contribution in [0.25, 0.3) is 0 Å². The van der Waals surface area contributed by atoms with Gasteiger partial charge in [0, 0.05) is 0 Å². The molecular formula is C20H19NO5. The van der Waals surface area contributed by atoms with Crippen molar-refractivity contribution in [2.45, 2.75) is 19.8 Å². The Kier molecular flexibility index (Phi) is 5.02. The van der Waals surface area contributed by atoms with E-state index in [4.69, 9.17) is 9.47 Å². The van der Waals surface area contributed by atoms with E-state index < -0.39 is 17.8 Å². The van der Waals surface area contributed by atoms with Crippen molar-refractivity contribution in [2.24, 2.45) is 0 Å². The molecular weight excluding hydrogens is 334 g/mol. The lowest BCUT2D eigenvalue weighted by Crippen LogP contribution is -2.29. The molecule has 0 aromatic heterocycles. The molecule has 2 aromatic rings. The quantitative estimate of drug-likeness (QED) is 0.452. The highest BCUT2D eigenvalue weighted by molar-refractivity contribution is 6.34. The van der Waals surface area contributed by atoms with Crippen LogP contribution in [0, 0.1) is 0 Å². The van der Waals surface area contributed by atoms with Crippen LogP contribution >= 0.6 is 0 Å². The van der Waals surface area contributed by atoms with Crippen molar-refractivity contribution in [1.82, 2.24) is 0 Å². The van der Waals surface area contributed by atoms with E-state index in [1.165, 1.54) is 25.3 Å². The topological polar surface area (TPSA) is 72.9 Å². The lowest BCUT2D eigenvalue weighted by molar-refractivity contribution is 0.0499. The van der Waals surface area contributed by atoms with E-state index in [9.17, 15) is 14.4 Å². The summed E-state index contributed by atoms with van der Waals surface area (Å²) in [6, 6.07) is 11.1. The smallest absolute Gasteiger partial charge is 0.338 e. The number of ether oxygens (including phenoxy) is 2. The number of nitrogens with zero attached hydrogens (tertiary/aromatic N) is 1. The van der Waals surface area contributed by atoms with Gasteiger partial charge in [0.25, 0.3) is 11.8 Å². The highest BCUT2D eigenvalue weighted by atomic mass is 16.5. The molecule has 0 saturated heterocycles. The number of carbonyl (C=O) groups is 3. The molecule has 0 atom stereocenters. The second-order valence-electron chi connectivity index (χ2n) is 5.89. The second kappa shape index (κ2) is 7.39. The molecule has 1 aliphatic heterocycles. The van der Waals surface area contributed by atoms with E-state index in [-0.39, 0.29) is 16.7 Å². The molecule has 0 radical (unpaired) electrons. The first kappa shape index (κ1) is 17.7. The van der Waals surface area contributed by atoms with Crippen LogP contribution in [0.4, 0.5) is 5.69 Å². The zero-order chi connectivity index (χ0) is 18.7. The van der Waals surface area contributed by atoms with Gasteiger partial charge in [-0.25, -0.2) is 9.69 Å². The number of fused-ring (bicyclic) bond motifs is 1. The highest BCUT2D eigenvalue weighted by Gasteiger charge is 2.37. The maximum absolute atomic E-state index is 12.7. The lowest BCUT2D eigenvalue weighted by atomic mass is 10.1. The van der Waals surface area contributed by atoms with Crippen LogP contribution in [0.3, 0.4) is 0 Å². The second-order valence-corrected chi connectivity index (χ2v) is 5.89. The molecule has 1 aliphatic rings. The maximum Gasteiger partial charge on any atom is 0.338 e. The monoisotopic (exact) mass is 353 g/mol. The SMILES string of the molecule is CCCCOC(=O)c1ccc2c(c1)C(=O)N(c1ccc(OC)cc1)C2=O. The van der Waals surface area contributed by atoms with Crippen molar-refractivity contribution in [3.8, 4) is 5.75 Å². The Hall–Kier alpha value is -3.15. The van der Waals surface area contributed by atoms with Gasteiger partial charge >= 0.3 is 5.97 Å². The summed E-state index contributed by atoms with van der Waals surface area (Å²) in [6.07, 6.45) is 1.70. The molecule has 2 amide bonds. The van der Waals surface area contributed by atoms with Crippen molar-refractivity contribution in [1.29, 1.82) is 0 Å². The summed E-state index contributed by atoms with van der Waals surface area (Å²) in [5, 5.41) is 0. The van der Waals surface area contributed by atoms with E-state index in [2.05, 4.69) is 0 Å². The van der Waals surface area contributed by atoms with Gasteiger partial charge in [0.15, 0.2) is 0 Å². The summed E-state index contributed by atoms with van der Waals surface area (Å²) < 4.78 is 10.3. The van der Waals surface area contributed by atoms with Crippen LogP contribution in [0.15, 0.2) is 42.5 Å². The predicted octanol–water partition coefficient (Wildman–Crippen LogP) is 3.45. The fraction of sp³-hybridized carbons (Fsp3) is 0.250. The van der Waals surface area contributed by atoms with E-state index in [1.54, 1.807) is 24.3 Å². The van der Waals surface area contributed by atoms with Gasteiger partial charge in [0.1, 0.15) is 5.75 Å². The number of carbonyl (C=O) groups excluding carboxylic acids is 3. The van der Waals surface area contributed by atoms with Crippen molar-refractivity contribution in [2.75, 3.05) is 18.6 Å². The number of esters is 1. The van der Waals surface area contributed by atoms with Crippen LogP contribution in [-0.2, 0) is 4.74 Å². The van der Waals surface area contributed by atoms with Crippen molar-refractivity contribution in [3.05, 3.63) is 59.2 Å². The van der Waals surface area contributed by atoms with Crippen LogP contribution in [-0.4, -0.2) is 31.5 Å². The number of anilines is 1. The van der Waals surface area contributed by atoms with Gasteiger partial charge in [-0.1, -0.05) is 13.3 Å². The van der Waals surface area contributed by atoms with Gasteiger partial charge in [-0.15, -0.1) is 0 Å². The van der Waals surface area contributed by atoms with E-state index in [1.807, 2.05) is 6.92 Å². The fourth-order valence-corrected chi connectivity index (χ4v) is 2.73. The van der Waals surface area contributed by atoms with Crippen molar-refractivity contribution < 1.29 is 23.9 Å². The zero-order valence-electron chi connectivity index (χ0n) is 14.7. The number of benzene rings is 2. The molecule has 2 aromatic carbocycles. The Bertz CT molecular complexity index is 857. The third-order valence-corrected chi connectivity index (χ3v) is 4.18. The average Bonchev–Trinajstić information content (AvgIpc) is 2.92. The number of amides is 2. The Balaban J connectivity index is 1.86. The van der Waals surface area contributed by atoms with Gasteiger partial charge in [-0.05, 0) is 48.9 Å². The molecule has 6 heteroatoms. The molecule has 0 spiro atoms. The van der Waals surface area contributed by atoms with Crippen LogP contribution in [0.2, 0.25) is 0 Å². The Labute approximate surface area is 151 Å². The number of imide groups is 1. The molecule has 0 bridgehead atoms. The summed E-state index contributed by atoms with van der Waals surface area (Å²) in [4.78, 5) is 38.5. The zero-order valence-corrected chi connectivity index (χ0v) is 14.7. The van der Waals surface area contributed by atoms with Crippen LogP contribution in [0.5, 0.6) is 5.75 Å². The normalized spacial score (nSPS) is 12.9. The number of hydrogen-bond donors (Lipinski definition) is 0. The van der Waals surface area contributed by atoms with E-state index in [0.717, 1.165) is 17.7 Å². The number of hydrogen-bond acceptors (Lipinski definition) is 5.